The number of hydrogen-bond acceptors (Lipinski definition) is 4. The van der Waals surface area contributed by atoms with Gasteiger partial charge in [-0.05, 0) is 18.6 Å². The van der Waals surface area contributed by atoms with Gasteiger partial charge in [0.25, 0.3) is 0 Å². The normalized spacial score (nSPS) is 11.1. The van der Waals surface area contributed by atoms with Crippen LogP contribution in [0.25, 0.3) is 0 Å². The number of thiazole rings is 1. The monoisotopic (exact) mass is 308 g/mol. The van der Waals surface area contributed by atoms with Gasteiger partial charge in [0, 0.05) is 17.5 Å². The molecule has 21 heavy (non-hydrogen) atoms. The van der Waals surface area contributed by atoms with E-state index >= 15 is 0 Å². The van der Waals surface area contributed by atoms with Crippen molar-refractivity contribution in [3.05, 3.63) is 45.7 Å². The summed E-state index contributed by atoms with van der Waals surface area (Å²) in [6, 6.07) is 6.87. The second-order valence-corrected chi connectivity index (χ2v) is 6.25. The van der Waals surface area contributed by atoms with Crippen molar-refractivity contribution in [2.45, 2.75) is 46.4 Å². The highest BCUT2D eigenvalue weighted by atomic mass is 32.1. The summed E-state index contributed by atoms with van der Waals surface area (Å²) in [5.74, 6) is -0.0703. The lowest BCUT2D eigenvalue weighted by Crippen LogP contribution is -2.21. The summed E-state index contributed by atoms with van der Waals surface area (Å²) in [5, 5.41) is 4.29. The van der Waals surface area contributed by atoms with Crippen LogP contribution in [0.3, 0.4) is 0 Å². The molecule has 0 unspecified atom stereocenters. The number of rotatable bonds is 7. The summed E-state index contributed by atoms with van der Waals surface area (Å²) in [6.07, 6.45) is 0.894. The molecule has 0 saturated heterocycles. The molecule has 1 aromatic heterocycles. The lowest BCUT2D eigenvalue weighted by molar-refractivity contribution is 0.289. The quantitative estimate of drug-likeness (QED) is 0.842. The van der Waals surface area contributed by atoms with Crippen molar-refractivity contribution in [2.24, 2.45) is 0 Å². The van der Waals surface area contributed by atoms with E-state index < -0.39 is 0 Å². The number of benzene rings is 1. The van der Waals surface area contributed by atoms with Crippen LogP contribution < -0.4 is 10.1 Å². The molecule has 0 aliphatic heterocycles. The van der Waals surface area contributed by atoms with Gasteiger partial charge in [-0.1, -0.05) is 32.9 Å². The van der Waals surface area contributed by atoms with Crippen molar-refractivity contribution in [1.29, 1.82) is 0 Å². The Bertz CT molecular complexity index is 583. The second kappa shape index (κ2) is 7.52. The predicted molar refractivity (Wildman–Crippen MR) is 84.2 cm³/mol. The minimum atomic E-state index is -0.341. The minimum Gasteiger partial charge on any atom is -0.483 e. The van der Waals surface area contributed by atoms with Crippen LogP contribution in [0.4, 0.5) is 4.39 Å². The molecule has 3 nitrogen and oxygen atoms in total. The first-order valence-electron chi connectivity index (χ1n) is 7.18. The average Bonchev–Trinajstić information content (AvgIpc) is 2.86. The van der Waals surface area contributed by atoms with Crippen molar-refractivity contribution in [3.8, 4) is 5.75 Å². The molecule has 0 atom stereocenters. The van der Waals surface area contributed by atoms with E-state index in [2.05, 4.69) is 31.1 Å². The third-order valence-electron chi connectivity index (χ3n) is 3.02. The zero-order valence-electron chi connectivity index (χ0n) is 12.6. The Kier molecular flexibility index (Phi) is 5.70. The Labute approximate surface area is 129 Å². The Morgan fingerprint density at radius 1 is 1.33 bits per heavy atom. The van der Waals surface area contributed by atoms with E-state index in [4.69, 9.17) is 4.74 Å². The van der Waals surface area contributed by atoms with E-state index in [1.807, 2.05) is 0 Å². The molecular formula is C16H21FN2OS. The maximum absolute atomic E-state index is 13.5. The van der Waals surface area contributed by atoms with Crippen LogP contribution in [0.5, 0.6) is 5.75 Å². The Balaban J connectivity index is 2.02. The van der Waals surface area contributed by atoms with Crippen molar-refractivity contribution in [2.75, 3.05) is 0 Å². The predicted octanol–water partition coefficient (Wildman–Crippen LogP) is 3.92. The molecule has 5 heteroatoms. The van der Waals surface area contributed by atoms with Gasteiger partial charge in [0.2, 0.25) is 0 Å². The van der Waals surface area contributed by atoms with Gasteiger partial charge >= 0.3 is 0 Å². The van der Waals surface area contributed by atoms with E-state index in [1.165, 1.54) is 10.9 Å². The minimum absolute atomic E-state index is 0.271. The summed E-state index contributed by atoms with van der Waals surface area (Å²) in [7, 11) is 0. The standard InChI is InChI=1S/C16H21FN2OS/c1-4-13-15(9-18-11(2)3)21-16(19-13)10-20-14-8-6-5-7-12(14)17/h5-8,11,18H,4,9-10H2,1-3H3. The zero-order valence-corrected chi connectivity index (χ0v) is 13.5. The number of nitrogens with one attached hydrogen (secondary N) is 1. The highest BCUT2D eigenvalue weighted by Gasteiger charge is 2.11. The fourth-order valence-corrected chi connectivity index (χ4v) is 2.93. The summed E-state index contributed by atoms with van der Waals surface area (Å²) < 4.78 is 19.0. The van der Waals surface area contributed by atoms with E-state index in [1.54, 1.807) is 29.5 Å². The molecule has 0 saturated carbocycles. The molecule has 0 radical (unpaired) electrons. The third-order valence-corrected chi connectivity index (χ3v) is 4.09. The molecule has 1 N–H and O–H groups in total. The zero-order chi connectivity index (χ0) is 15.2. The van der Waals surface area contributed by atoms with Gasteiger partial charge in [0.1, 0.15) is 11.6 Å². The van der Waals surface area contributed by atoms with Crippen LogP contribution in [0.2, 0.25) is 0 Å². The number of ether oxygens (including phenoxy) is 1. The number of halogens is 1. The lowest BCUT2D eigenvalue weighted by Gasteiger charge is -2.06. The first-order chi connectivity index (χ1) is 10.1. The van der Waals surface area contributed by atoms with Crippen LogP contribution in [0.1, 0.15) is 36.3 Å². The Hall–Kier alpha value is -1.46. The van der Waals surface area contributed by atoms with Crippen molar-refractivity contribution in [3.63, 3.8) is 0 Å². The molecule has 0 fully saturated rings. The average molecular weight is 308 g/mol. The molecule has 0 aliphatic carbocycles. The molecule has 0 amide bonds. The van der Waals surface area contributed by atoms with Crippen LogP contribution in [-0.2, 0) is 19.6 Å². The summed E-state index contributed by atoms with van der Waals surface area (Å²) in [5.41, 5.74) is 1.10. The number of aryl methyl sites for hydroxylation is 1. The van der Waals surface area contributed by atoms with Crippen molar-refractivity contribution >= 4 is 11.3 Å². The van der Waals surface area contributed by atoms with Gasteiger partial charge < -0.3 is 10.1 Å². The Morgan fingerprint density at radius 2 is 2.10 bits per heavy atom. The van der Waals surface area contributed by atoms with Crippen LogP contribution in [0.15, 0.2) is 24.3 Å². The largest absolute Gasteiger partial charge is 0.483 e. The van der Waals surface area contributed by atoms with Gasteiger partial charge in [-0.2, -0.15) is 0 Å². The first-order valence-corrected chi connectivity index (χ1v) is 8.00. The third kappa shape index (κ3) is 4.51. The van der Waals surface area contributed by atoms with Crippen molar-refractivity contribution < 1.29 is 9.13 Å². The fraction of sp³-hybridized carbons (Fsp3) is 0.438. The van der Waals surface area contributed by atoms with Crippen LogP contribution in [0, 0.1) is 5.82 Å². The molecule has 0 aliphatic rings. The summed E-state index contributed by atoms with van der Waals surface area (Å²) in [6.45, 7) is 7.46. The topological polar surface area (TPSA) is 34.1 Å². The summed E-state index contributed by atoms with van der Waals surface area (Å²) >= 11 is 1.63. The first kappa shape index (κ1) is 15.9. The fourth-order valence-electron chi connectivity index (χ4n) is 1.91. The number of hydrogen-bond donors (Lipinski definition) is 1. The Morgan fingerprint density at radius 3 is 2.76 bits per heavy atom. The van der Waals surface area contributed by atoms with Gasteiger partial charge in [0.15, 0.2) is 11.6 Å². The molecule has 114 valence electrons. The van der Waals surface area contributed by atoms with E-state index in [0.29, 0.717) is 12.6 Å². The van der Waals surface area contributed by atoms with E-state index in [9.17, 15) is 4.39 Å². The smallest absolute Gasteiger partial charge is 0.165 e. The SMILES string of the molecule is CCc1nc(COc2ccccc2F)sc1CNC(C)C. The number of nitrogens with zero attached hydrogens (tertiary/aromatic N) is 1. The number of para-hydroxylation sites is 1. The maximum Gasteiger partial charge on any atom is 0.165 e. The van der Waals surface area contributed by atoms with Crippen molar-refractivity contribution in [1.82, 2.24) is 10.3 Å². The molecular weight excluding hydrogens is 287 g/mol. The molecule has 1 aromatic carbocycles. The molecule has 2 aromatic rings. The summed E-state index contributed by atoms with van der Waals surface area (Å²) in [4.78, 5) is 5.82. The van der Waals surface area contributed by atoms with Gasteiger partial charge in [0.05, 0.1) is 5.69 Å². The molecule has 0 bridgehead atoms. The van der Waals surface area contributed by atoms with Gasteiger partial charge in [-0.3, -0.25) is 0 Å². The highest BCUT2D eigenvalue weighted by molar-refractivity contribution is 7.11. The molecule has 0 spiro atoms. The lowest BCUT2D eigenvalue weighted by atomic mass is 10.3. The van der Waals surface area contributed by atoms with Crippen LogP contribution >= 0.6 is 11.3 Å². The highest BCUT2D eigenvalue weighted by Crippen LogP contribution is 2.22. The maximum atomic E-state index is 13.5. The van der Waals surface area contributed by atoms with E-state index in [-0.39, 0.29) is 11.6 Å². The molecule has 1 heterocycles. The van der Waals surface area contributed by atoms with Crippen LogP contribution in [-0.4, -0.2) is 11.0 Å². The van der Waals surface area contributed by atoms with E-state index in [0.717, 1.165) is 23.7 Å². The number of aromatic nitrogens is 1. The molecule has 2 rings (SSSR count). The second-order valence-electron chi connectivity index (χ2n) is 5.09. The van der Waals surface area contributed by atoms with Gasteiger partial charge in [-0.15, -0.1) is 11.3 Å². The van der Waals surface area contributed by atoms with Gasteiger partial charge in [-0.25, -0.2) is 9.37 Å².